The van der Waals surface area contributed by atoms with Crippen LogP contribution in [-0.2, 0) is 9.47 Å². The van der Waals surface area contributed by atoms with Crippen molar-refractivity contribution in [2.45, 2.75) is 38.5 Å². The van der Waals surface area contributed by atoms with E-state index in [1.165, 1.54) is 0 Å². The molecule has 2 N–H and O–H groups in total. The van der Waals surface area contributed by atoms with Crippen molar-refractivity contribution in [3.8, 4) is 5.75 Å². The Labute approximate surface area is 183 Å². The lowest BCUT2D eigenvalue weighted by Crippen LogP contribution is -2.33. The van der Waals surface area contributed by atoms with Crippen LogP contribution in [0.2, 0.25) is 0 Å². The van der Waals surface area contributed by atoms with E-state index in [0.29, 0.717) is 25.6 Å². The molecule has 9 nitrogen and oxygen atoms in total. The first-order chi connectivity index (χ1) is 14.9. The number of nitrogens with zero attached hydrogens (tertiary/aromatic N) is 3. The van der Waals surface area contributed by atoms with Gasteiger partial charge in [-0.1, -0.05) is 0 Å². The topological polar surface area (TPSA) is 97.8 Å². The lowest BCUT2D eigenvalue weighted by molar-refractivity contribution is 0.0690. The van der Waals surface area contributed by atoms with E-state index in [1.807, 2.05) is 52.2 Å². The number of nitrogens with one attached hydrogen (secondary N) is 2. The molecule has 1 saturated heterocycles. The molecule has 0 bridgehead atoms. The number of aromatic nitrogens is 2. The van der Waals surface area contributed by atoms with Gasteiger partial charge < -0.3 is 29.7 Å². The van der Waals surface area contributed by atoms with Crippen LogP contribution in [0.1, 0.15) is 31.9 Å². The third kappa shape index (κ3) is 7.37. The van der Waals surface area contributed by atoms with Gasteiger partial charge in [0.1, 0.15) is 18.5 Å². The normalized spacial score (nSPS) is 18.3. The van der Waals surface area contributed by atoms with Crippen molar-refractivity contribution >= 4 is 17.7 Å². The van der Waals surface area contributed by atoms with E-state index in [4.69, 9.17) is 14.2 Å². The minimum Gasteiger partial charge on any atom is -0.492 e. The Balaban J connectivity index is 1.47. The monoisotopic (exact) mass is 429 g/mol. The molecule has 0 radical (unpaired) electrons. The number of alkyl carbamates (subject to hydrolysis) is 1. The molecular weight excluding hydrogens is 398 g/mol. The summed E-state index contributed by atoms with van der Waals surface area (Å²) in [5.41, 5.74) is 1.72. The van der Waals surface area contributed by atoms with Gasteiger partial charge in [0.25, 0.3) is 0 Å². The molecule has 1 fully saturated rings. The number of amides is 1. The number of carbonyl (C=O) groups excluding carboxylic acids is 1. The van der Waals surface area contributed by atoms with E-state index < -0.39 is 6.09 Å². The van der Waals surface area contributed by atoms with Crippen molar-refractivity contribution < 1.29 is 19.0 Å². The first kappa shape index (κ1) is 22.8. The second kappa shape index (κ2) is 10.9. The summed E-state index contributed by atoms with van der Waals surface area (Å²) in [7, 11) is 4.03. The highest BCUT2D eigenvalue weighted by Gasteiger charge is 2.30. The molecule has 0 saturated carbocycles. The summed E-state index contributed by atoms with van der Waals surface area (Å²) in [6.45, 7) is 5.64. The van der Waals surface area contributed by atoms with Gasteiger partial charge >= 0.3 is 6.09 Å². The van der Waals surface area contributed by atoms with Crippen molar-refractivity contribution in [1.29, 1.82) is 0 Å². The van der Waals surface area contributed by atoms with E-state index >= 15 is 0 Å². The summed E-state index contributed by atoms with van der Waals surface area (Å²) in [4.78, 5) is 22.6. The van der Waals surface area contributed by atoms with Gasteiger partial charge in [0.05, 0.1) is 12.7 Å². The van der Waals surface area contributed by atoms with Crippen LogP contribution in [0.3, 0.4) is 0 Å². The molecule has 1 aliphatic heterocycles. The van der Waals surface area contributed by atoms with Crippen molar-refractivity contribution in [3.63, 3.8) is 0 Å². The van der Waals surface area contributed by atoms with Crippen molar-refractivity contribution in [3.05, 3.63) is 42.2 Å². The molecular formula is C22H31N5O4. The van der Waals surface area contributed by atoms with Crippen molar-refractivity contribution in [1.82, 2.24) is 20.2 Å². The zero-order valence-corrected chi connectivity index (χ0v) is 18.5. The van der Waals surface area contributed by atoms with Gasteiger partial charge in [-0.3, -0.25) is 0 Å². The van der Waals surface area contributed by atoms with Gasteiger partial charge in [-0.2, -0.15) is 0 Å². The molecule has 3 rings (SSSR count). The molecule has 2 aromatic rings. The Kier molecular flexibility index (Phi) is 8.02. The predicted octanol–water partition coefficient (Wildman–Crippen LogP) is 3.13. The number of carbonyl (C=O) groups is 1. The zero-order chi connectivity index (χ0) is 22.2. The molecule has 31 heavy (non-hydrogen) atoms. The number of hydrogen-bond acceptors (Lipinski definition) is 8. The molecule has 1 aromatic heterocycles. The largest absolute Gasteiger partial charge is 0.492 e. The standard InChI is InChI=1S/C22H31N5O4/c1-15(2)25-22(28)31-19-11-20(30-14-19)16-12-23-21(24-13-16)26-17-5-7-18(8-6-17)29-10-9-27(3)4/h5-8,12-13,15,19-20H,9-11,14H2,1-4H3,(H,25,28)(H,23,24,26)/t19-,20-/m1/s1. The summed E-state index contributed by atoms with van der Waals surface area (Å²) in [5.74, 6) is 1.31. The van der Waals surface area contributed by atoms with Crippen LogP contribution in [0.5, 0.6) is 5.75 Å². The lowest BCUT2D eigenvalue weighted by Gasteiger charge is -2.13. The number of hydrogen-bond donors (Lipinski definition) is 2. The highest BCUT2D eigenvalue weighted by Crippen LogP contribution is 2.30. The molecule has 0 aliphatic carbocycles. The second-order valence-corrected chi connectivity index (χ2v) is 8.03. The molecule has 2 atom stereocenters. The Morgan fingerprint density at radius 2 is 1.94 bits per heavy atom. The fourth-order valence-electron chi connectivity index (χ4n) is 3.01. The minimum atomic E-state index is -0.422. The molecule has 1 amide bonds. The minimum absolute atomic E-state index is 0.0332. The Morgan fingerprint density at radius 1 is 1.23 bits per heavy atom. The van der Waals surface area contributed by atoms with Crippen LogP contribution in [0, 0.1) is 0 Å². The van der Waals surface area contributed by atoms with Gasteiger partial charge in [-0.25, -0.2) is 14.8 Å². The van der Waals surface area contributed by atoms with E-state index in [-0.39, 0.29) is 18.2 Å². The number of likely N-dealkylation sites (N-methyl/N-ethyl adjacent to an activating group) is 1. The van der Waals surface area contributed by atoms with E-state index in [2.05, 4.69) is 25.5 Å². The van der Waals surface area contributed by atoms with Crippen LogP contribution in [-0.4, -0.2) is 67.0 Å². The van der Waals surface area contributed by atoms with E-state index in [9.17, 15) is 4.79 Å². The summed E-state index contributed by atoms with van der Waals surface area (Å²) >= 11 is 0. The summed E-state index contributed by atoms with van der Waals surface area (Å²) < 4.78 is 16.8. The fraction of sp³-hybridized carbons (Fsp3) is 0.500. The summed E-state index contributed by atoms with van der Waals surface area (Å²) in [5, 5.41) is 5.89. The highest BCUT2D eigenvalue weighted by atomic mass is 16.6. The van der Waals surface area contributed by atoms with Gasteiger partial charge in [0, 0.05) is 42.7 Å². The van der Waals surface area contributed by atoms with Gasteiger partial charge in [0.2, 0.25) is 5.95 Å². The lowest BCUT2D eigenvalue weighted by atomic mass is 10.1. The van der Waals surface area contributed by atoms with E-state index in [1.54, 1.807) is 12.4 Å². The molecule has 1 aromatic carbocycles. The molecule has 9 heteroatoms. The maximum atomic E-state index is 11.7. The highest BCUT2D eigenvalue weighted by molar-refractivity contribution is 5.67. The van der Waals surface area contributed by atoms with Crippen LogP contribution in [0.15, 0.2) is 36.7 Å². The Hall–Kier alpha value is -2.91. The molecule has 0 unspecified atom stereocenters. The van der Waals surface area contributed by atoms with Crippen LogP contribution in [0.4, 0.5) is 16.4 Å². The molecule has 1 aliphatic rings. The summed E-state index contributed by atoms with van der Waals surface area (Å²) in [6.07, 6.45) is 3.15. The van der Waals surface area contributed by atoms with Gasteiger partial charge in [-0.05, 0) is 52.2 Å². The first-order valence-electron chi connectivity index (χ1n) is 10.4. The van der Waals surface area contributed by atoms with Gasteiger partial charge in [0.15, 0.2) is 0 Å². The predicted molar refractivity (Wildman–Crippen MR) is 118 cm³/mol. The van der Waals surface area contributed by atoms with Crippen LogP contribution >= 0.6 is 0 Å². The van der Waals surface area contributed by atoms with E-state index in [0.717, 1.165) is 23.5 Å². The van der Waals surface area contributed by atoms with Gasteiger partial charge in [-0.15, -0.1) is 0 Å². The third-order valence-electron chi connectivity index (χ3n) is 4.60. The zero-order valence-electron chi connectivity index (χ0n) is 18.5. The Morgan fingerprint density at radius 3 is 2.58 bits per heavy atom. The number of ether oxygens (including phenoxy) is 3. The molecule has 2 heterocycles. The maximum absolute atomic E-state index is 11.7. The number of rotatable bonds is 9. The third-order valence-corrected chi connectivity index (χ3v) is 4.60. The smallest absolute Gasteiger partial charge is 0.407 e. The summed E-state index contributed by atoms with van der Waals surface area (Å²) in [6, 6.07) is 7.70. The van der Waals surface area contributed by atoms with Crippen LogP contribution in [0.25, 0.3) is 0 Å². The maximum Gasteiger partial charge on any atom is 0.407 e. The van der Waals surface area contributed by atoms with Crippen LogP contribution < -0.4 is 15.4 Å². The number of anilines is 2. The average molecular weight is 430 g/mol. The Bertz CT molecular complexity index is 827. The van der Waals surface area contributed by atoms with Crippen molar-refractivity contribution in [2.75, 3.05) is 39.2 Å². The number of benzene rings is 1. The average Bonchev–Trinajstić information content (AvgIpc) is 3.17. The first-order valence-corrected chi connectivity index (χ1v) is 10.4. The second-order valence-electron chi connectivity index (χ2n) is 8.03. The fourth-order valence-corrected chi connectivity index (χ4v) is 3.01. The molecule has 0 spiro atoms. The quantitative estimate of drug-likeness (QED) is 0.627. The molecule has 168 valence electrons. The van der Waals surface area contributed by atoms with Crippen molar-refractivity contribution in [2.24, 2.45) is 0 Å². The SMILES string of the molecule is CC(C)NC(=O)O[C@H]1CO[C@@H](c2cnc(Nc3ccc(OCCN(C)C)cc3)nc2)C1.